The minimum Gasteiger partial charge on any atom is -0.349 e. The van der Waals surface area contributed by atoms with Gasteiger partial charge >= 0.3 is 0 Å². The second-order valence-corrected chi connectivity index (χ2v) is 7.95. The number of likely N-dealkylation sites (tertiary alicyclic amines) is 1. The molecule has 2 N–H and O–H groups in total. The number of imidazole rings is 1. The van der Waals surface area contributed by atoms with Crippen LogP contribution in [0.2, 0.25) is 0 Å². The van der Waals surface area contributed by atoms with Crippen LogP contribution < -0.4 is 5.32 Å². The standard InChI is InChI=1S/C23H26N4O2/c1-15(2)16-3-5-17(6-4-16)23(29)27-11-9-19(10-12-27)26-22(28)18-7-8-20-21(13-18)25-14-24-20/h3-8,13-15,19H,9-12H2,1-2H3,(H,24,25)(H,26,28). The predicted octanol–water partition coefficient (Wildman–Crippen LogP) is 3.72. The van der Waals surface area contributed by atoms with Gasteiger partial charge in [-0.25, -0.2) is 4.98 Å². The first-order valence-electron chi connectivity index (χ1n) is 10.1. The Labute approximate surface area is 170 Å². The van der Waals surface area contributed by atoms with Crippen LogP contribution in [0, 0.1) is 0 Å². The molecule has 1 aliphatic heterocycles. The molecule has 0 radical (unpaired) electrons. The molecule has 150 valence electrons. The van der Waals surface area contributed by atoms with Crippen molar-refractivity contribution >= 4 is 22.8 Å². The highest BCUT2D eigenvalue weighted by Crippen LogP contribution is 2.18. The van der Waals surface area contributed by atoms with Crippen molar-refractivity contribution in [3.63, 3.8) is 0 Å². The van der Waals surface area contributed by atoms with Crippen molar-refractivity contribution in [3.05, 3.63) is 65.5 Å². The third-order valence-electron chi connectivity index (χ3n) is 5.62. The monoisotopic (exact) mass is 390 g/mol. The van der Waals surface area contributed by atoms with Gasteiger partial charge in [0.05, 0.1) is 17.4 Å². The van der Waals surface area contributed by atoms with Crippen molar-refractivity contribution in [2.45, 2.75) is 38.6 Å². The second-order valence-electron chi connectivity index (χ2n) is 7.95. The molecule has 1 saturated heterocycles. The zero-order valence-electron chi connectivity index (χ0n) is 16.8. The van der Waals surface area contributed by atoms with Crippen LogP contribution in [0.4, 0.5) is 0 Å². The Morgan fingerprint density at radius 3 is 2.45 bits per heavy atom. The van der Waals surface area contributed by atoms with Crippen molar-refractivity contribution in [3.8, 4) is 0 Å². The van der Waals surface area contributed by atoms with Gasteiger partial charge in [-0.05, 0) is 54.7 Å². The minimum atomic E-state index is -0.0875. The van der Waals surface area contributed by atoms with Crippen molar-refractivity contribution in [1.82, 2.24) is 20.2 Å². The first-order chi connectivity index (χ1) is 14.0. The Hall–Kier alpha value is -3.15. The third-order valence-corrected chi connectivity index (χ3v) is 5.62. The van der Waals surface area contributed by atoms with Gasteiger partial charge in [-0.3, -0.25) is 9.59 Å². The van der Waals surface area contributed by atoms with E-state index in [1.54, 1.807) is 12.4 Å². The number of piperidine rings is 1. The number of nitrogens with zero attached hydrogens (tertiary/aromatic N) is 2. The minimum absolute atomic E-state index is 0.0646. The number of amides is 2. The number of carbonyl (C=O) groups is 2. The number of aromatic nitrogens is 2. The highest BCUT2D eigenvalue weighted by atomic mass is 16.2. The molecule has 3 aromatic rings. The summed E-state index contributed by atoms with van der Waals surface area (Å²) < 4.78 is 0. The summed E-state index contributed by atoms with van der Waals surface area (Å²) in [6, 6.07) is 13.4. The van der Waals surface area contributed by atoms with Crippen LogP contribution in [0.5, 0.6) is 0 Å². The lowest BCUT2D eigenvalue weighted by Gasteiger charge is -2.32. The van der Waals surface area contributed by atoms with E-state index >= 15 is 0 Å². The van der Waals surface area contributed by atoms with E-state index in [4.69, 9.17) is 0 Å². The predicted molar refractivity (Wildman–Crippen MR) is 113 cm³/mol. The second kappa shape index (κ2) is 8.07. The lowest BCUT2D eigenvalue weighted by atomic mass is 10.00. The van der Waals surface area contributed by atoms with E-state index in [-0.39, 0.29) is 17.9 Å². The van der Waals surface area contributed by atoms with Crippen molar-refractivity contribution in [2.24, 2.45) is 0 Å². The van der Waals surface area contributed by atoms with Gasteiger partial charge in [-0.1, -0.05) is 26.0 Å². The molecule has 2 amide bonds. The highest BCUT2D eigenvalue weighted by molar-refractivity contribution is 5.97. The molecular weight excluding hydrogens is 364 g/mol. The molecule has 0 atom stereocenters. The van der Waals surface area contributed by atoms with Gasteiger partial charge < -0.3 is 15.2 Å². The van der Waals surface area contributed by atoms with Gasteiger partial charge in [-0.15, -0.1) is 0 Å². The number of hydrogen-bond acceptors (Lipinski definition) is 3. The Morgan fingerprint density at radius 1 is 1.07 bits per heavy atom. The molecule has 1 aliphatic rings. The number of rotatable bonds is 4. The molecular formula is C23H26N4O2. The van der Waals surface area contributed by atoms with Crippen molar-refractivity contribution in [1.29, 1.82) is 0 Å². The molecule has 1 fully saturated rings. The highest BCUT2D eigenvalue weighted by Gasteiger charge is 2.25. The van der Waals surface area contributed by atoms with Crippen molar-refractivity contribution < 1.29 is 9.59 Å². The quantitative estimate of drug-likeness (QED) is 0.713. The molecule has 0 unspecified atom stereocenters. The molecule has 2 aromatic carbocycles. The summed E-state index contributed by atoms with van der Waals surface area (Å²) in [4.78, 5) is 34.4. The van der Waals surface area contributed by atoms with Crippen LogP contribution >= 0.6 is 0 Å². The van der Waals surface area contributed by atoms with Crippen LogP contribution in [0.1, 0.15) is 58.9 Å². The number of carbonyl (C=O) groups excluding carboxylic acids is 2. The van der Waals surface area contributed by atoms with Gasteiger partial charge in [0.2, 0.25) is 0 Å². The summed E-state index contributed by atoms with van der Waals surface area (Å²) in [7, 11) is 0. The van der Waals surface area contributed by atoms with Crippen molar-refractivity contribution in [2.75, 3.05) is 13.1 Å². The zero-order valence-corrected chi connectivity index (χ0v) is 16.8. The van der Waals surface area contributed by atoms with Gasteiger partial charge in [0.25, 0.3) is 11.8 Å². The van der Waals surface area contributed by atoms with Crippen LogP contribution in [-0.4, -0.2) is 45.8 Å². The largest absolute Gasteiger partial charge is 0.349 e. The molecule has 0 bridgehead atoms. The lowest BCUT2D eigenvalue weighted by molar-refractivity contribution is 0.0698. The Bertz CT molecular complexity index is 1010. The fourth-order valence-electron chi connectivity index (χ4n) is 3.77. The van der Waals surface area contributed by atoms with E-state index in [0.717, 1.165) is 29.4 Å². The Balaban J connectivity index is 1.32. The molecule has 1 aromatic heterocycles. The maximum atomic E-state index is 12.8. The average molecular weight is 390 g/mol. The smallest absolute Gasteiger partial charge is 0.253 e. The molecule has 6 nitrogen and oxygen atoms in total. The van der Waals surface area contributed by atoms with Crippen LogP contribution in [-0.2, 0) is 0 Å². The van der Waals surface area contributed by atoms with E-state index < -0.39 is 0 Å². The SMILES string of the molecule is CC(C)c1ccc(C(=O)N2CCC(NC(=O)c3ccc4nc[nH]c4c3)CC2)cc1. The summed E-state index contributed by atoms with van der Waals surface area (Å²) in [6.07, 6.45) is 3.14. The molecule has 0 spiro atoms. The molecule has 0 saturated carbocycles. The van der Waals surface area contributed by atoms with E-state index in [1.165, 1.54) is 5.56 Å². The molecule has 2 heterocycles. The van der Waals surface area contributed by atoms with E-state index in [0.29, 0.717) is 24.6 Å². The van der Waals surface area contributed by atoms with Crippen LogP contribution in [0.25, 0.3) is 11.0 Å². The lowest BCUT2D eigenvalue weighted by Crippen LogP contribution is -2.46. The Kier molecular flexibility index (Phi) is 5.34. The number of nitrogens with one attached hydrogen (secondary N) is 2. The fraction of sp³-hybridized carbons (Fsp3) is 0.348. The third kappa shape index (κ3) is 4.16. The zero-order chi connectivity index (χ0) is 20.4. The number of hydrogen-bond donors (Lipinski definition) is 2. The van der Waals surface area contributed by atoms with Gasteiger partial charge in [-0.2, -0.15) is 0 Å². The maximum absolute atomic E-state index is 12.8. The molecule has 6 heteroatoms. The topological polar surface area (TPSA) is 78.1 Å². The molecule has 29 heavy (non-hydrogen) atoms. The normalized spacial score (nSPS) is 15.1. The van der Waals surface area contributed by atoms with Gasteiger partial charge in [0.1, 0.15) is 0 Å². The number of H-pyrrole nitrogens is 1. The van der Waals surface area contributed by atoms with E-state index in [1.807, 2.05) is 41.3 Å². The maximum Gasteiger partial charge on any atom is 0.253 e. The first-order valence-corrected chi connectivity index (χ1v) is 10.1. The number of fused-ring (bicyclic) bond motifs is 1. The van der Waals surface area contributed by atoms with E-state index in [9.17, 15) is 9.59 Å². The summed E-state index contributed by atoms with van der Waals surface area (Å²) in [6.45, 7) is 5.58. The molecule has 4 rings (SSSR count). The van der Waals surface area contributed by atoms with Crippen LogP contribution in [0.15, 0.2) is 48.8 Å². The summed E-state index contributed by atoms with van der Waals surface area (Å²) >= 11 is 0. The summed E-state index contributed by atoms with van der Waals surface area (Å²) in [5.41, 5.74) is 4.27. The van der Waals surface area contributed by atoms with E-state index in [2.05, 4.69) is 29.1 Å². The average Bonchev–Trinajstić information content (AvgIpc) is 3.21. The van der Waals surface area contributed by atoms with Crippen LogP contribution in [0.3, 0.4) is 0 Å². The fourth-order valence-corrected chi connectivity index (χ4v) is 3.77. The Morgan fingerprint density at radius 2 is 1.76 bits per heavy atom. The summed E-state index contributed by atoms with van der Waals surface area (Å²) in [5, 5.41) is 3.10. The number of aromatic amines is 1. The first kappa shape index (κ1) is 19.2. The number of benzene rings is 2. The summed E-state index contributed by atoms with van der Waals surface area (Å²) in [5.74, 6) is 0.429. The van der Waals surface area contributed by atoms with Gasteiger partial charge in [0.15, 0.2) is 0 Å². The van der Waals surface area contributed by atoms with Gasteiger partial charge in [0, 0.05) is 30.3 Å². The molecule has 0 aliphatic carbocycles.